The van der Waals surface area contributed by atoms with E-state index in [9.17, 15) is 9.90 Å². The molecular weight excluding hydrogens is 220 g/mol. The molecule has 0 unspecified atom stereocenters. The van der Waals surface area contributed by atoms with Crippen LogP contribution in [0, 0.1) is 0 Å². The van der Waals surface area contributed by atoms with Gasteiger partial charge in [-0.3, -0.25) is 4.79 Å². The molecule has 2 rings (SSSR count). The highest BCUT2D eigenvalue weighted by Gasteiger charge is 2.30. The number of aliphatic hydroxyl groups is 1. The van der Waals surface area contributed by atoms with E-state index in [0.29, 0.717) is 32.7 Å². The summed E-state index contributed by atoms with van der Waals surface area (Å²) in [4.78, 5) is 13.5. The average molecular weight is 237 g/mol. The second kappa shape index (κ2) is 5.65. The van der Waals surface area contributed by atoms with E-state index in [4.69, 9.17) is 4.74 Å². The molecule has 0 aromatic heterocycles. The van der Waals surface area contributed by atoms with Gasteiger partial charge in [-0.15, -0.1) is 12.4 Å². The van der Waals surface area contributed by atoms with Crippen LogP contribution in [0.3, 0.4) is 0 Å². The smallest absolute Gasteiger partial charge is 0.242 e. The Hall–Kier alpha value is -0.360. The van der Waals surface area contributed by atoms with Gasteiger partial charge in [-0.2, -0.15) is 0 Å². The molecule has 15 heavy (non-hydrogen) atoms. The Morgan fingerprint density at radius 3 is 2.87 bits per heavy atom. The maximum atomic E-state index is 11.8. The minimum Gasteiger partial charge on any atom is -0.391 e. The van der Waals surface area contributed by atoms with Crippen molar-refractivity contribution in [1.82, 2.24) is 10.2 Å². The molecule has 0 radical (unpaired) electrons. The van der Waals surface area contributed by atoms with Crippen molar-refractivity contribution in [2.75, 3.05) is 32.8 Å². The molecule has 0 saturated carbocycles. The zero-order valence-electron chi connectivity index (χ0n) is 8.52. The number of amides is 1. The normalized spacial score (nSPS) is 31.1. The molecule has 6 heteroatoms. The molecule has 2 atom stereocenters. The van der Waals surface area contributed by atoms with Crippen LogP contribution in [0.2, 0.25) is 0 Å². The first-order valence-electron chi connectivity index (χ1n) is 5.05. The van der Waals surface area contributed by atoms with Gasteiger partial charge in [-0.25, -0.2) is 0 Å². The first kappa shape index (κ1) is 12.7. The number of nitrogens with one attached hydrogen (secondary N) is 1. The molecule has 0 aliphatic carbocycles. The molecule has 2 heterocycles. The second-order valence-electron chi connectivity index (χ2n) is 3.81. The van der Waals surface area contributed by atoms with E-state index in [1.165, 1.54) is 0 Å². The summed E-state index contributed by atoms with van der Waals surface area (Å²) in [7, 11) is 0. The SMILES string of the molecule is Cl.O=C([C@H]1COCCN1)N1CC[C@H](O)C1. The van der Waals surface area contributed by atoms with Crippen LogP contribution in [-0.2, 0) is 9.53 Å². The monoisotopic (exact) mass is 236 g/mol. The zero-order valence-corrected chi connectivity index (χ0v) is 9.33. The third-order valence-corrected chi connectivity index (χ3v) is 2.69. The van der Waals surface area contributed by atoms with E-state index in [1.54, 1.807) is 4.90 Å². The van der Waals surface area contributed by atoms with Crippen molar-refractivity contribution in [3.05, 3.63) is 0 Å². The Labute approximate surface area is 95.2 Å². The van der Waals surface area contributed by atoms with Gasteiger partial charge in [-0.05, 0) is 6.42 Å². The van der Waals surface area contributed by atoms with Crippen LogP contribution < -0.4 is 5.32 Å². The molecule has 88 valence electrons. The predicted molar refractivity (Wildman–Crippen MR) is 57.1 cm³/mol. The van der Waals surface area contributed by atoms with Gasteiger partial charge in [0.2, 0.25) is 5.91 Å². The molecule has 2 aliphatic rings. The third kappa shape index (κ3) is 3.04. The lowest BCUT2D eigenvalue weighted by molar-refractivity contribution is -0.135. The number of morpholine rings is 1. The highest BCUT2D eigenvalue weighted by atomic mass is 35.5. The lowest BCUT2D eigenvalue weighted by atomic mass is 10.2. The Morgan fingerprint density at radius 1 is 1.53 bits per heavy atom. The number of hydrogen-bond acceptors (Lipinski definition) is 4. The van der Waals surface area contributed by atoms with Crippen LogP contribution in [0.4, 0.5) is 0 Å². The molecule has 0 aromatic rings. The second-order valence-corrected chi connectivity index (χ2v) is 3.81. The van der Waals surface area contributed by atoms with E-state index >= 15 is 0 Å². The van der Waals surface area contributed by atoms with Gasteiger partial charge in [0.1, 0.15) is 6.04 Å². The number of likely N-dealkylation sites (tertiary alicyclic amines) is 1. The molecule has 0 bridgehead atoms. The summed E-state index contributed by atoms with van der Waals surface area (Å²) in [5, 5.41) is 12.4. The number of aliphatic hydroxyl groups excluding tert-OH is 1. The van der Waals surface area contributed by atoms with Crippen molar-refractivity contribution >= 4 is 18.3 Å². The van der Waals surface area contributed by atoms with Gasteiger partial charge < -0.3 is 20.1 Å². The van der Waals surface area contributed by atoms with Crippen LogP contribution in [0.25, 0.3) is 0 Å². The fourth-order valence-electron chi connectivity index (χ4n) is 1.89. The summed E-state index contributed by atoms with van der Waals surface area (Å²) in [6.45, 7) is 2.99. The highest BCUT2D eigenvalue weighted by molar-refractivity contribution is 5.85. The first-order valence-corrected chi connectivity index (χ1v) is 5.05. The molecule has 5 nitrogen and oxygen atoms in total. The lowest BCUT2D eigenvalue weighted by Gasteiger charge is -2.27. The Balaban J connectivity index is 0.00000112. The van der Waals surface area contributed by atoms with Crippen LogP contribution in [0.1, 0.15) is 6.42 Å². The van der Waals surface area contributed by atoms with Gasteiger partial charge in [0, 0.05) is 19.6 Å². The van der Waals surface area contributed by atoms with Gasteiger partial charge in [-0.1, -0.05) is 0 Å². The van der Waals surface area contributed by atoms with Crippen LogP contribution in [0.5, 0.6) is 0 Å². The van der Waals surface area contributed by atoms with E-state index in [1.807, 2.05) is 0 Å². The van der Waals surface area contributed by atoms with Crippen molar-refractivity contribution in [2.45, 2.75) is 18.6 Å². The quantitative estimate of drug-likeness (QED) is 0.613. The van der Waals surface area contributed by atoms with Gasteiger partial charge in [0.15, 0.2) is 0 Å². The average Bonchev–Trinajstić information content (AvgIpc) is 2.65. The Morgan fingerprint density at radius 2 is 2.33 bits per heavy atom. The fraction of sp³-hybridized carbons (Fsp3) is 0.889. The minimum absolute atomic E-state index is 0. The number of halogens is 1. The van der Waals surface area contributed by atoms with Crippen molar-refractivity contribution in [2.24, 2.45) is 0 Å². The molecule has 2 saturated heterocycles. The number of rotatable bonds is 1. The van der Waals surface area contributed by atoms with Gasteiger partial charge >= 0.3 is 0 Å². The molecule has 0 aromatic carbocycles. The standard InChI is InChI=1S/C9H16N2O3.ClH/c12-7-1-3-11(5-7)9(13)8-6-14-4-2-10-8;/h7-8,10,12H,1-6H2;1H/t7-,8+;/m0./s1. The first-order chi connectivity index (χ1) is 6.77. The number of carbonyl (C=O) groups is 1. The largest absolute Gasteiger partial charge is 0.391 e. The number of carbonyl (C=O) groups excluding carboxylic acids is 1. The third-order valence-electron chi connectivity index (χ3n) is 2.69. The summed E-state index contributed by atoms with van der Waals surface area (Å²) in [5.41, 5.74) is 0. The van der Waals surface area contributed by atoms with Gasteiger partial charge in [0.05, 0.1) is 19.3 Å². The maximum absolute atomic E-state index is 11.8. The van der Waals surface area contributed by atoms with E-state index in [2.05, 4.69) is 5.32 Å². The van der Waals surface area contributed by atoms with E-state index in [0.717, 1.165) is 6.54 Å². The van der Waals surface area contributed by atoms with Gasteiger partial charge in [0.25, 0.3) is 0 Å². The Bertz CT molecular complexity index is 215. The fourth-order valence-corrected chi connectivity index (χ4v) is 1.89. The van der Waals surface area contributed by atoms with E-state index < -0.39 is 0 Å². The maximum Gasteiger partial charge on any atom is 0.242 e. The topological polar surface area (TPSA) is 61.8 Å². The number of nitrogens with zero attached hydrogens (tertiary/aromatic N) is 1. The summed E-state index contributed by atoms with van der Waals surface area (Å²) < 4.78 is 5.22. The van der Waals surface area contributed by atoms with Crippen molar-refractivity contribution in [3.63, 3.8) is 0 Å². The van der Waals surface area contributed by atoms with Crippen molar-refractivity contribution < 1.29 is 14.6 Å². The highest BCUT2D eigenvalue weighted by Crippen LogP contribution is 2.11. The summed E-state index contributed by atoms with van der Waals surface area (Å²) in [5.74, 6) is 0.0567. The molecule has 1 amide bonds. The predicted octanol–water partition coefficient (Wildman–Crippen LogP) is -1.01. The van der Waals surface area contributed by atoms with Crippen molar-refractivity contribution in [3.8, 4) is 0 Å². The van der Waals surface area contributed by atoms with Crippen LogP contribution in [0.15, 0.2) is 0 Å². The molecule has 2 N–H and O–H groups in total. The zero-order chi connectivity index (χ0) is 9.97. The number of ether oxygens (including phenoxy) is 1. The summed E-state index contributed by atoms with van der Waals surface area (Å²) >= 11 is 0. The van der Waals surface area contributed by atoms with Crippen LogP contribution >= 0.6 is 12.4 Å². The molecule has 2 aliphatic heterocycles. The summed E-state index contributed by atoms with van der Waals surface area (Å²) in [6.07, 6.45) is 0.350. The molecular formula is C9H17ClN2O3. The molecule has 0 spiro atoms. The minimum atomic E-state index is -0.344. The van der Waals surface area contributed by atoms with Crippen molar-refractivity contribution in [1.29, 1.82) is 0 Å². The summed E-state index contributed by atoms with van der Waals surface area (Å²) in [6, 6.07) is -0.214. The number of β-amino-alcohol motifs (C(OH)–C–C–N with tert-alkyl or cyclic N) is 1. The molecule has 2 fully saturated rings. The lowest BCUT2D eigenvalue weighted by Crippen LogP contribution is -2.52. The Kier molecular flexibility index (Phi) is 4.79. The number of hydrogen-bond donors (Lipinski definition) is 2. The van der Waals surface area contributed by atoms with Crippen LogP contribution in [-0.4, -0.2) is 60.9 Å². The van der Waals surface area contributed by atoms with E-state index in [-0.39, 0.29) is 30.5 Å².